The van der Waals surface area contributed by atoms with Crippen molar-refractivity contribution in [2.75, 3.05) is 6.26 Å². The molecule has 0 fully saturated rings. The molecule has 17 heavy (non-hydrogen) atoms. The lowest BCUT2D eigenvalue weighted by Crippen LogP contribution is -2.38. The van der Waals surface area contributed by atoms with Gasteiger partial charge in [0.1, 0.15) is 0 Å². The predicted octanol–water partition coefficient (Wildman–Crippen LogP) is 1.51. The van der Waals surface area contributed by atoms with Gasteiger partial charge in [-0.2, -0.15) is 11.8 Å². The van der Waals surface area contributed by atoms with E-state index in [-0.39, 0.29) is 17.2 Å². The van der Waals surface area contributed by atoms with Crippen LogP contribution in [0.25, 0.3) is 0 Å². The molecule has 0 heterocycles. The van der Waals surface area contributed by atoms with Gasteiger partial charge in [-0.25, -0.2) is 0 Å². The van der Waals surface area contributed by atoms with Gasteiger partial charge in [-0.3, -0.25) is 4.79 Å². The zero-order valence-electron chi connectivity index (χ0n) is 10.0. The molecule has 4 heteroatoms. The Morgan fingerprint density at radius 1 is 1.53 bits per heavy atom. The average Bonchev–Trinajstić information content (AvgIpc) is 2.65. The van der Waals surface area contributed by atoms with E-state index in [0.29, 0.717) is 6.42 Å². The van der Waals surface area contributed by atoms with Crippen molar-refractivity contribution in [3.8, 4) is 0 Å². The smallest absolute Gasteiger partial charge is 0.233 e. The number of fused-ring (bicyclic) bond motifs is 1. The third-order valence-electron chi connectivity index (χ3n) is 3.22. The highest BCUT2D eigenvalue weighted by Crippen LogP contribution is 2.31. The third-order valence-corrected chi connectivity index (χ3v) is 4.15. The van der Waals surface area contributed by atoms with Crippen molar-refractivity contribution in [3.63, 3.8) is 0 Å². The standard InChI is InChI=1S/C13H17NO2S/c1-8(17-2)13(16)14-12-10-6-4-3-5-9(10)7-11(12)15/h3-6,8,11-12,15H,7H2,1-2H3,(H,14,16)/t8?,11-,12+/m0/s1. The van der Waals surface area contributed by atoms with Crippen molar-refractivity contribution in [2.24, 2.45) is 0 Å². The molecule has 1 unspecified atom stereocenters. The van der Waals surface area contributed by atoms with E-state index in [9.17, 15) is 9.90 Å². The number of hydrogen-bond donors (Lipinski definition) is 2. The number of amides is 1. The number of benzene rings is 1. The lowest BCUT2D eigenvalue weighted by Gasteiger charge is -2.19. The van der Waals surface area contributed by atoms with Crippen LogP contribution in [0.2, 0.25) is 0 Å². The lowest BCUT2D eigenvalue weighted by molar-refractivity contribution is -0.121. The SMILES string of the molecule is CSC(C)C(=O)N[C@@H]1c2ccccc2C[C@@H]1O. The zero-order valence-corrected chi connectivity index (χ0v) is 10.8. The maximum absolute atomic E-state index is 11.8. The van der Waals surface area contributed by atoms with Gasteiger partial charge in [-0.1, -0.05) is 24.3 Å². The highest BCUT2D eigenvalue weighted by Gasteiger charge is 2.32. The lowest BCUT2D eigenvalue weighted by atomic mass is 10.1. The second-order valence-corrected chi connectivity index (χ2v) is 5.51. The Labute approximate surface area is 106 Å². The first-order valence-corrected chi connectivity index (χ1v) is 7.01. The van der Waals surface area contributed by atoms with Crippen LogP contribution in [0.15, 0.2) is 24.3 Å². The summed E-state index contributed by atoms with van der Waals surface area (Å²) in [5.74, 6) is -0.0155. The van der Waals surface area contributed by atoms with Gasteiger partial charge < -0.3 is 10.4 Å². The molecule has 92 valence electrons. The summed E-state index contributed by atoms with van der Waals surface area (Å²) >= 11 is 1.51. The monoisotopic (exact) mass is 251 g/mol. The van der Waals surface area contributed by atoms with Gasteiger partial charge in [-0.15, -0.1) is 0 Å². The number of hydrogen-bond acceptors (Lipinski definition) is 3. The summed E-state index contributed by atoms with van der Waals surface area (Å²) in [5.41, 5.74) is 2.17. The van der Waals surface area contributed by atoms with Gasteiger partial charge in [0.05, 0.1) is 17.4 Å². The first-order valence-electron chi connectivity index (χ1n) is 5.72. The molecule has 3 nitrogen and oxygen atoms in total. The molecule has 0 spiro atoms. The Kier molecular flexibility index (Phi) is 3.74. The number of carbonyl (C=O) groups excluding carboxylic acids is 1. The quantitative estimate of drug-likeness (QED) is 0.856. The minimum Gasteiger partial charge on any atom is -0.390 e. The molecule has 0 saturated carbocycles. The van der Waals surface area contributed by atoms with Gasteiger partial charge in [0, 0.05) is 6.42 Å². The summed E-state index contributed by atoms with van der Waals surface area (Å²) in [5, 5.41) is 12.8. The Morgan fingerprint density at radius 2 is 2.24 bits per heavy atom. The van der Waals surface area contributed by atoms with E-state index in [0.717, 1.165) is 11.1 Å². The van der Waals surface area contributed by atoms with Crippen LogP contribution < -0.4 is 5.32 Å². The first-order chi connectivity index (χ1) is 8.13. The molecule has 2 rings (SSSR count). The van der Waals surface area contributed by atoms with E-state index in [1.807, 2.05) is 37.4 Å². The molecule has 1 amide bonds. The van der Waals surface area contributed by atoms with Crippen molar-refractivity contribution in [1.82, 2.24) is 5.32 Å². The van der Waals surface area contributed by atoms with E-state index in [4.69, 9.17) is 0 Å². The number of aliphatic hydroxyl groups excluding tert-OH is 1. The van der Waals surface area contributed by atoms with Crippen LogP contribution in [0.3, 0.4) is 0 Å². The largest absolute Gasteiger partial charge is 0.390 e. The third kappa shape index (κ3) is 2.48. The van der Waals surface area contributed by atoms with E-state index >= 15 is 0 Å². The number of thioether (sulfide) groups is 1. The molecular weight excluding hydrogens is 234 g/mol. The maximum Gasteiger partial charge on any atom is 0.233 e. The fourth-order valence-electron chi connectivity index (χ4n) is 2.13. The Morgan fingerprint density at radius 3 is 2.94 bits per heavy atom. The molecular formula is C13H17NO2S. The average molecular weight is 251 g/mol. The van der Waals surface area contributed by atoms with Gasteiger partial charge in [0.2, 0.25) is 5.91 Å². The maximum atomic E-state index is 11.8. The Bertz CT molecular complexity index is 422. The van der Waals surface area contributed by atoms with E-state index in [1.54, 1.807) is 0 Å². The highest BCUT2D eigenvalue weighted by molar-refractivity contribution is 7.99. The second kappa shape index (κ2) is 5.10. The summed E-state index contributed by atoms with van der Waals surface area (Å²) in [6.07, 6.45) is 2.02. The molecule has 1 aliphatic rings. The van der Waals surface area contributed by atoms with Crippen LogP contribution >= 0.6 is 11.8 Å². The Hall–Kier alpha value is -1.00. The van der Waals surface area contributed by atoms with Crippen LogP contribution in [0.4, 0.5) is 0 Å². The molecule has 3 atom stereocenters. The van der Waals surface area contributed by atoms with Gasteiger partial charge in [0.25, 0.3) is 0 Å². The van der Waals surface area contributed by atoms with E-state index in [1.165, 1.54) is 11.8 Å². The number of rotatable bonds is 3. The van der Waals surface area contributed by atoms with Crippen LogP contribution in [0.1, 0.15) is 24.1 Å². The minimum absolute atomic E-state index is 0.0155. The highest BCUT2D eigenvalue weighted by atomic mass is 32.2. The summed E-state index contributed by atoms with van der Waals surface area (Å²) < 4.78 is 0. The van der Waals surface area contributed by atoms with Crippen LogP contribution in [-0.4, -0.2) is 28.6 Å². The van der Waals surface area contributed by atoms with Crippen molar-refractivity contribution in [3.05, 3.63) is 35.4 Å². The molecule has 0 bridgehead atoms. The van der Waals surface area contributed by atoms with Crippen LogP contribution in [-0.2, 0) is 11.2 Å². The van der Waals surface area contributed by atoms with Gasteiger partial charge in [0.15, 0.2) is 0 Å². The van der Waals surface area contributed by atoms with Crippen molar-refractivity contribution in [1.29, 1.82) is 0 Å². The van der Waals surface area contributed by atoms with E-state index < -0.39 is 6.10 Å². The molecule has 0 saturated heterocycles. The van der Waals surface area contributed by atoms with Gasteiger partial charge in [-0.05, 0) is 24.3 Å². The second-order valence-electron chi connectivity index (χ2n) is 4.33. The Balaban J connectivity index is 2.14. The predicted molar refractivity (Wildman–Crippen MR) is 70.0 cm³/mol. The summed E-state index contributed by atoms with van der Waals surface area (Å²) in [7, 11) is 0. The van der Waals surface area contributed by atoms with E-state index in [2.05, 4.69) is 5.32 Å². The van der Waals surface area contributed by atoms with Crippen LogP contribution in [0, 0.1) is 0 Å². The van der Waals surface area contributed by atoms with Crippen molar-refractivity contribution in [2.45, 2.75) is 30.7 Å². The van der Waals surface area contributed by atoms with Crippen molar-refractivity contribution >= 4 is 17.7 Å². The molecule has 0 aliphatic heterocycles. The molecule has 0 aromatic heterocycles. The minimum atomic E-state index is -0.509. The number of nitrogens with one attached hydrogen (secondary N) is 1. The molecule has 2 N–H and O–H groups in total. The molecule has 1 aromatic rings. The fourth-order valence-corrected chi connectivity index (χ4v) is 2.41. The van der Waals surface area contributed by atoms with Crippen molar-refractivity contribution < 1.29 is 9.90 Å². The fraction of sp³-hybridized carbons (Fsp3) is 0.462. The number of aliphatic hydroxyl groups is 1. The topological polar surface area (TPSA) is 49.3 Å². The van der Waals surface area contributed by atoms with Gasteiger partial charge >= 0.3 is 0 Å². The summed E-state index contributed by atoms with van der Waals surface area (Å²) in [6.45, 7) is 1.87. The summed E-state index contributed by atoms with van der Waals surface area (Å²) in [4.78, 5) is 11.8. The molecule has 1 aliphatic carbocycles. The van der Waals surface area contributed by atoms with Crippen LogP contribution in [0.5, 0.6) is 0 Å². The molecule has 1 aromatic carbocycles. The number of carbonyl (C=O) groups is 1. The molecule has 0 radical (unpaired) electrons. The first kappa shape index (κ1) is 12.5. The zero-order chi connectivity index (χ0) is 12.4. The normalized spacial score (nSPS) is 24.2. The summed E-state index contributed by atoms with van der Waals surface area (Å²) in [6, 6.07) is 7.62.